The number of halogens is 2. The van der Waals surface area contributed by atoms with E-state index in [4.69, 9.17) is 17.3 Å². The van der Waals surface area contributed by atoms with Gasteiger partial charge in [-0.15, -0.1) is 0 Å². The van der Waals surface area contributed by atoms with Gasteiger partial charge in [-0.2, -0.15) is 0 Å². The molecule has 0 aliphatic carbocycles. The van der Waals surface area contributed by atoms with Gasteiger partial charge in [0.2, 0.25) is 10.0 Å². The summed E-state index contributed by atoms with van der Waals surface area (Å²) in [6.07, 6.45) is 0. The minimum atomic E-state index is -3.72. The van der Waals surface area contributed by atoms with Crippen LogP contribution in [0.2, 0.25) is 5.02 Å². The third-order valence-corrected chi connectivity index (χ3v) is 5.44. The van der Waals surface area contributed by atoms with Gasteiger partial charge >= 0.3 is 0 Å². The maximum absolute atomic E-state index is 12.4. The van der Waals surface area contributed by atoms with E-state index in [1.807, 2.05) is 24.3 Å². The lowest BCUT2D eigenvalue weighted by Crippen LogP contribution is -2.27. The van der Waals surface area contributed by atoms with Crippen molar-refractivity contribution in [3.8, 4) is 0 Å². The molecule has 2 aromatic rings. The Morgan fingerprint density at radius 2 is 1.95 bits per heavy atom. The lowest BCUT2D eigenvalue weighted by Gasteiger charge is -2.16. The monoisotopic (exact) mass is 388 g/mol. The van der Waals surface area contributed by atoms with Crippen molar-refractivity contribution in [1.29, 1.82) is 0 Å². The molecule has 0 saturated carbocycles. The first-order chi connectivity index (χ1) is 9.79. The molecule has 1 atom stereocenters. The Hall–Kier alpha value is -1.08. The number of nitrogens with two attached hydrogens (primary N) is 1. The first kappa shape index (κ1) is 16.3. The molecule has 4 nitrogen and oxygen atoms in total. The van der Waals surface area contributed by atoms with Crippen molar-refractivity contribution in [1.82, 2.24) is 4.72 Å². The Balaban J connectivity index is 2.29. The molecule has 21 heavy (non-hydrogen) atoms. The Morgan fingerprint density at radius 3 is 2.57 bits per heavy atom. The average Bonchev–Trinajstić information content (AvgIpc) is 2.37. The van der Waals surface area contributed by atoms with Crippen molar-refractivity contribution < 1.29 is 8.42 Å². The van der Waals surface area contributed by atoms with Gasteiger partial charge < -0.3 is 5.73 Å². The quantitative estimate of drug-likeness (QED) is 0.783. The summed E-state index contributed by atoms with van der Waals surface area (Å²) >= 11 is 9.32. The second kappa shape index (κ2) is 6.36. The summed E-state index contributed by atoms with van der Waals surface area (Å²) in [6.45, 7) is 1.77. The fraction of sp³-hybridized carbons (Fsp3) is 0.143. The van der Waals surface area contributed by atoms with Crippen molar-refractivity contribution in [3.05, 3.63) is 57.5 Å². The number of hydrogen-bond acceptors (Lipinski definition) is 3. The Morgan fingerprint density at radius 1 is 1.24 bits per heavy atom. The van der Waals surface area contributed by atoms with Gasteiger partial charge in [-0.05, 0) is 42.8 Å². The molecule has 7 heteroatoms. The summed E-state index contributed by atoms with van der Waals surface area (Å²) in [5, 5.41) is 0.101. The van der Waals surface area contributed by atoms with Gasteiger partial charge in [-0.3, -0.25) is 0 Å². The topological polar surface area (TPSA) is 72.2 Å². The molecule has 0 fully saturated rings. The van der Waals surface area contributed by atoms with Crippen LogP contribution in [0.1, 0.15) is 18.5 Å². The van der Waals surface area contributed by atoms with E-state index in [2.05, 4.69) is 20.7 Å². The average molecular weight is 390 g/mol. The zero-order valence-electron chi connectivity index (χ0n) is 11.2. The number of benzene rings is 2. The first-order valence-corrected chi connectivity index (χ1v) is 8.78. The van der Waals surface area contributed by atoms with Crippen LogP contribution in [0.15, 0.2) is 51.8 Å². The number of nitrogen functional groups attached to an aromatic ring is 1. The summed E-state index contributed by atoms with van der Waals surface area (Å²) in [5.74, 6) is 0. The van der Waals surface area contributed by atoms with E-state index in [9.17, 15) is 8.42 Å². The molecule has 2 aromatic carbocycles. The molecule has 2 rings (SSSR count). The third kappa shape index (κ3) is 3.97. The van der Waals surface area contributed by atoms with Crippen molar-refractivity contribution >= 4 is 43.2 Å². The van der Waals surface area contributed by atoms with Crippen LogP contribution in [0.4, 0.5) is 5.69 Å². The zero-order valence-corrected chi connectivity index (χ0v) is 14.3. The lowest BCUT2D eigenvalue weighted by molar-refractivity contribution is 0.567. The normalized spacial score (nSPS) is 13.1. The van der Waals surface area contributed by atoms with Gasteiger partial charge in [0, 0.05) is 16.2 Å². The van der Waals surface area contributed by atoms with E-state index in [1.54, 1.807) is 6.92 Å². The molecule has 0 spiro atoms. The second-order valence-corrected chi connectivity index (χ2v) is 7.59. The lowest BCUT2D eigenvalue weighted by atomic mass is 10.1. The molecule has 112 valence electrons. The summed E-state index contributed by atoms with van der Waals surface area (Å²) in [5.41, 5.74) is 6.84. The number of sulfonamides is 1. The standard InChI is InChI=1S/C14H14BrClN2O2S/c1-9(10-3-2-4-11(15)7-10)18-21(19,20)14-6-5-12(17)8-13(14)16/h2-9,18H,17H2,1H3. The summed E-state index contributed by atoms with van der Waals surface area (Å²) in [4.78, 5) is 0.0141. The molecular formula is C14H14BrClN2O2S. The van der Waals surface area contributed by atoms with Gasteiger partial charge in [0.05, 0.1) is 5.02 Å². The predicted octanol–water partition coefficient (Wildman–Crippen LogP) is 3.72. The maximum Gasteiger partial charge on any atom is 0.242 e. The van der Waals surface area contributed by atoms with Crippen LogP contribution in [0.25, 0.3) is 0 Å². The van der Waals surface area contributed by atoms with Crippen LogP contribution in [-0.2, 0) is 10.0 Å². The van der Waals surface area contributed by atoms with Crippen LogP contribution < -0.4 is 10.5 Å². The van der Waals surface area contributed by atoms with Crippen LogP contribution in [0.3, 0.4) is 0 Å². The highest BCUT2D eigenvalue weighted by Gasteiger charge is 2.21. The van der Waals surface area contributed by atoms with Crippen molar-refractivity contribution in [3.63, 3.8) is 0 Å². The number of anilines is 1. The van der Waals surface area contributed by atoms with Crippen LogP contribution >= 0.6 is 27.5 Å². The largest absolute Gasteiger partial charge is 0.399 e. The summed E-state index contributed by atoms with van der Waals surface area (Å²) in [6, 6.07) is 11.4. The molecule has 0 aliphatic rings. The van der Waals surface area contributed by atoms with Gasteiger partial charge in [0.1, 0.15) is 4.90 Å². The number of rotatable bonds is 4. The van der Waals surface area contributed by atoms with Crippen LogP contribution in [-0.4, -0.2) is 8.42 Å². The highest BCUT2D eigenvalue weighted by Crippen LogP contribution is 2.26. The first-order valence-electron chi connectivity index (χ1n) is 6.12. The van der Waals surface area contributed by atoms with Gasteiger partial charge in [0.25, 0.3) is 0 Å². The molecule has 3 N–H and O–H groups in total. The Labute approximate surface area is 137 Å². The molecule has 0 heterocycles. The highest BCUT2D eigenvalue weighted by atomic mass is 79.9. The minimum absolute atomic E-state index is 0.0141. The van der Waals surface area contributed by atoms with E-state index < -0.39 is 10.0 Å². The second-order valence-electron chi connectivity index (χ2n) is 4.59. The molecule has 0 aromatic heterocycles. The van der Waals surface area contributed by atoms with E-state index in [0.717, 1.165) is 10.0 Å². The van der Waals surface area contributed by atoms with Crippen LogP contribution in [0.5, 0.6) is 0 Å². The minimum Gasteiger partial charge on any atom is -0.399 e. The highest BCUT2D eigenvalue weighted by molar-refractivity contribution is 9.10. The fourth-order valence-corrected chi connectivity index (χ4v) is 4.08. The smallest absolute Gasteiger partial charge is 0.242 e. The van der Waals surface area contributed by atoms with Crippen molar-refractivity contribution in [2.45, 2.75) is 17.9 Å². The summed E-state index contributed by atoms with van der Waals surface area (Å²) in [7, 11) is -3.72. The molecule has 0 amide bonds. The maximum atomic E-state index is 12.4. The predicted molar refractivity (Wildman–Crippen MR) is 88.7 cm³/mol. The molecule has 0 saturated heterocycles. The Bertz CT molecular complexity index is 765. The summed E-state index contributed by atoms with van der Waals surface area (Å²) < 4.78 is 28.3. The fourth-order valence-electron chi connectivity index (χ4n) is 1.88. The van der Waals surface area contributed by atoms with Gasteiger partial charge in [0.15, 0.2) is 0 Å². The van der Waals surface area contributed by atoms with Crippen LogP contribution in [0, 0.1) is 0 Å². The molecule has 1 unspecified atom stereocenters. The molecular weight excluding hydrogens is 376 g/mol. The van der Waals surface area contributed by atoms with E-state index >= 15 is 0 Å². The van der Waals surface area contributed by atoms with E-state index in [-0.39, 0.29) is 16.0 Å². The SMILES string of the molecule is CC(NS(=O)(=O)c1ccc(N)cc1Cl)c1cccc(Br)c1. The third-order valence-electron chi connectivity index (χ3n) is 2.93. The number of nitrogens with one attached hydrogen (secondary N) is 1. The van der Waals surface area contributed by atoms with Gasteiger partial charge in [-0.1, -0.05) is 39.7 Å². The molecule has 0 aliphatic heterocycles. The van der Waals surface area contributed by atoms with Crippen molar-refractivity contribution in [2.75, 3.05) is 5.73 Å². The van der Waals surface area contributed by atoms with E-state index in [1.165, 1.54) is 18.2 Å². The zero-order chi connectivity index (χ0) is 15.6. The molecule has 0 radical (unpaired) electrons. The molecule has 0 bridgehead atoms. The van der Waals surface area contributed by atoms with E-state index in [0.29, 0.717) is 5.69 Å². The number of hydrogen-bond donors (Lipinski definition) is 2. The van der Waals surface area contributed by atoms with Gasteiger partial charge in [-0.25, -0.2) is 13.1 Å². The van der Waals surface area contributed by atoms with Crippen molar-refractivity contribution in [2.24, 2.45) is 0 Å². The Kier molecular flexibility index (Phi) is 4.93.